The molecule has 1 unspecified atom stereocenters. The molecule has 1 aromatic rings. The summed E-state index contributed by atoms with van der Waals surface area (Å²) in [6.45, 7) is 1.49. The zero-order valence-corrected chi connectivity index (χ0v) is 11.4. The summed E-state index contributed by atoms with van der Waals surface area (Å²) >= 11 is 0. The van der Waals surface area contributed by atoms with Crippen molar-refractivity contribution >= 4 is 5.82 Å². The molecule has 0 saturated heterocycles. The number of anilines is 1. The Morgan fingerprint density at radius 3 is 2.80 bits per heavy atom. The second kappa shape index (κ2) is 8.06. The maximum atomic E-state index is 12.1. The summed E-state index contributed by atoms with van der Waals surface area (Å²) in [6, 6.07) is 3.32. The fraction of sp³-hybridized carbons (Fsp3) is 0.615. The number of nitrogens with zero attached hydrogens (tertiary/aromatic N) is 1. The number of alkyl halides is 3. The average Bonchev–Trinajstić information content (AvgIpc) is 2.34. The number of ether oxygens (including phenoxy) is 1. The summed E-state index contributed by atoms with van der Waals surface area (Å²) in [6.07, 6.45) is -1.27. The van der Waals surface area contributed by atoms with Crippen LogP contribution in [0.25, 0.3) is 0 Å². The second-order valence-electron chi connectivity index (χ2n) is 4.57. The van der Waals surface area contributed by atoms with Crippen LogP contribution in [-0.2, 0) is 11.2 Å². The first-order valence-electron chi connectivity index (χ1n) is 6.49. The molecule has 3 N–H and O–H groups in total. The van der Waals surface area contributed by atoms with E-state index in [4.69, 9.17) is 10.5 Å². The van der Waals surface area contributed by atoms with Gasteiger partial charge in [0, 0.05) is 12.2 Å². The third kappa shape index (κ3) is 7.30. The van der Waals surface area contributed by atoms with Crippen molar-refractivity contribution in [1.82, 2.24) is 10.3 Å². The summed E-state index contributed by atoms with van der Waals surface area (Å²) < 4.78 is 40.9. The first-order valence-corrected chi connectivity index (χ1v) is 6.49. The molecule has 4 nitrogen and oxygen atoms in total. The van der Waals surface area contributed by atoms with E-state index in [1.165, 1.54) is 0 Å². The molecule has 0 fully saturated rings. The van der Waals surface area contributed by atoms with Crippen molar-refractivity contribution in [3.8, 4) is 0 Å². The molecule has 114 valence electrons. The first-order chi connectivity index (χ1) is 9.40. The molecular weight excluding hydrogens is 271 g/mol. The highest BCUT2D eigenvalue weighted by Crippen LogP contribution is 2.15. The Morgan fingerprint density at radius 2 is 2.20 bits per heavy atom. The maximum Gasteiger partial charge on any atom is 0.411 e. The second-order valence-corrected chi connectivity index (χ2v) is 4.57. The first kappa shape index (κ1) is 16.7. The Hall–Kier alpha value is -1.34. The molecule has 0 radical (unpaired) electrons. The number of pyridine rings is 1. The smallest absolute Gasteiger partial charge is 0.384 e. The molecule has 0 spiro atoms. The number of rotatable bonds is 8. The van der Waals surface area contributed by atoms with Crippen molar-refractivity contribution in [1.29, 1.82) is 0 Å². The highest BCUT2D eigenvalue weighted by molar-refractivity contribution is 5.32. The van der Waals surface area contributed by atoms with Crippen LogP contribution in [0.3, 0.4) is 0 Å². The highest BCUT2D eigenvalue weighted by Gasteiger charge is 2.27. The van der Waals surface area contributed by atoms with Crippen LogP contribution in [0.1, 0.15) is 18.9 Å². The number of hydrogen-bond donors (Lipinski definition) is 2. The van der Waals surface area contributed by atoms with Crippen LogP contribution in [0, 0.1) is 0 Å². The molecule has 0 saturated carbocycles. The third-order valence-electron chi connectivity index (χ3n) is 2.60. The third-order valence-corrected chi connectivity index (χ3v) is 2.60. The maximum absolute atomic E-state index is 12.1. The van der Waals surface area contributed by atoms with E-state index in [1.807, 2.05) is 6.92 Å². The molecule has 7 heteroatoms. The Kier molecular flexibility index (Phi) is 6.74. The number of nitrogens with two attached hydrogens (primary N) is 1. The number of halogens is 3. The van der Waals surface area contributed by atoms with Crippen LogP contribution in [0.2, 0.25) is 0 Å². The SMILES string of the molecule is CCCNC(COCC(F)(F)F)Cc1ccnc(N)c1. The Labute approximate surface area is 116 Å². The van der Waals surface area contributed by atoms with Crippen molar-refractivity contribution in [2.24, 2.45) is 0 Å². The van der Waals surface area contributed by atoms with Crippen LogP contribution in [0.4, 0.5) is 19.0 Å². The molecule has 0 aliphatic rings. The van der Waals surface area contributed by atoms with Gasteiger partial charge in [0.15, 0.2) is 0 Å². The largest absolute Gasteiger partial charge is 0.411 e. The lowest BCUT2D eigenvalue weighted by Gasteiger charge is -2.19. The van der Waals surface area contributed by atoms with Gasteiger partial charge in [-0.05, 0) is 37.1 Å². The number of hydrogen-bond acceptors (Lipinski definition) is 4. The molecule has 1 atom stereocenters. The van der Waals surface area contributed by atoms with E-state index in [0.29, 0.717) is 12.2 Å². The van der Waals surface area contributed by atoms with Gasteiger partial charge in [0.1, 0.15) is 12.4 Å². The van der Waals surface area contributed by atoms with Gasteiger partial charge in [-0.25, -0.2) is 4.98 Å². The van der Waals surface area contributed by atoms with Gasteiger partial charge in [0.2, 0.25) is 0 Å². The normalized spacial score (nSPS) is 13.4. The van der Waals surface area contributed by atoms with Gasteiger partial charge >= 0.3 is 6.18 Å². The highest BCUT2D eigenvalue weighted by atomic mass is 19.4. The van der Waals surface area contributed by atoms with Gasteiger partial charge in [0.05, 0.1) is 6.61 Å². The van der Waals surface area contributed by atoms with Crippen molar-refractivity contribution in [3.63, 3.8) is 0 Å². The number of aromatic nitrogens is 1. The molecule has 1 heterocycles. The predicted molar refractivity (Wildman–Crippen MR) is 71.3 cm³/mol. The Bertz CT molecular complexity index is 399. The minimum absolute atomic E-state index is 0.00172. The van der Waals surface area contributed by atoms with E-state index in [-0.39, 0.29) is 12.6 Å². The fourth-order valence-corrected chi connectivity index (χ4v) is 1.76. The monoisotopic (exact) mass is 291 g/mol. The quantitative estimate of drug-likeness (QED) is 0.770. The van der Waals surface area contributed by atoms with Gasteiger partial charge in [-0.2, -0.15) is 13.2 Å². The van der Waals surface area contributed by atoms with Gasteiger partial charge in [-0.15, -0.1) is 0 Å². The summed E-state index contributed by atoms with van der Waals surface area (Å²) in [5, 5.41) is 3.17. The van der Waals surface area contributed by atoms with E-state index in [9.17, 15) is 13.2 Å². The summed E-state index contributed by atoms with van der Waals surface area (Å²) in [5.74, 6) is 0.396. The summed E-state index contributed by atoms with van der Waals surface area (Å²) in [5.41, 5.74) is 6.50. The van der Waals surface area contributed by atoms with Gasteiger partial charge in [-0.1, -0.05) is 6.92 Å². The standard InChI is InChI=1S/C13H20F3N3O/c1-2-4-18-11(8-20-9-13(14,15)16)6-10-3-5-19-12(17)7-10/h3,5,7,11,18H,2,4,6,8-9H2,1H3,(H2,17,19). The minimum Gasteiger partial charge on any atom is -0.384 e. The topological polar surface area (TPSA) is 60.2 Å². The van der Waals surface area contributed by atoms with Crippen LogP contribution < -0.4 is 11.1 Å². The zero-order valence-electron chi connectivity index (χ0n) is 11.4. The summed E-state index contributed by atoms with van der Waals surface area (Å²) in [4.78, 5) is 3.88. The van der Waals surface area contributed by atoms with Gasteiger partial charge in [-0.3, -0.25) is 0 Å². The lowest BCUT2D eigenvalue weighted by molar-refractivity contribution is -0.175. The van der Waals surface area contributed by atoms with Crippen molar-refractivity contribution in [2.45, 2.75) is 32.0 Å². The lowest BCUT2D eigenvalue weighted by Crippen LogP contribution is -2.37. The van der Waals surface area contributed by atoms with Gasteiger partial charge < -0.3 is 15.8 Å². The molecule has 20 heavy (non-hydrogen) atoms. The molecule has 1 rings (SSSR count). The summed E-state index contributed by atoms with van der Waals surface area (Å²) in [7, 11) is 0. The Morgan fingerprint density at radius 1 is 1.45 bits per heavy atom. The van der Waals surface area contributed by atoms with E-state index in [0.717, 1.165) is 18.5 Å². The van der Waals surface area contributed by atoms with E-state index < -0.39 is 12.8 Å². The van der Waals surface area contributed by atoms with Crippen molar-refractivity contribution < 1.29 is 17.9 Å². The molecule has 0 aliphatic heterocycles. The fourth-order valence-electron chi connectivity index (χ4n) is 1.76. The van der Waals surface area contributed by atoms with Gasteiger partial charge in [0.25, 0.3) is 0 Å². The average molecular weight is 291 g/mol. The number of nitrogens with one attached hydrogen (secondary N) is 1. The molecule has 0 amide bonds. The number of nitrogen functional groups attached to an aromatic ring is 1. The van der Waals surface area contributed by atoms with E-state index in [2.05, 4.69) is 10.3 Å². The van der Waals surface area contributed by atoms with E-state index >= 15 is 0 Å². The van der Waals surface area contributed by atoms with Crippen LogP contribution in [0.15, 0.2) is 18.3 Å². The van der Waals surface area contributed by atoms with Crippen molar-refractivity contribution in [3.05, 3.63) is 23.9 Å². The zero-order chi connectivity index (χ0) is 15.0. The van der Waals surface area contributed by atoms with Crippen LogP contribution in [0.5, 0.6) is 0 Å². The van der Waals surface area contributed by atoms with Crippen LogP contribution >= 0.6 is 0 Å². The van der Waals surface area contributed by atoms with E-state index in [1.54, 1.807) is 18.3 Å². The molecular formula is C13H20F3N3O. The molecule has 1 aromatic heterocycles. The van der Waals surface area contributed by atoms with Crippen molar-refractivity contribution in [2.75, 3.05) is 25.5 Å². The Balaban J connectivity index is 2.50. The lowest BCUT2D eigenvalue weighted by atomic mass is 10.1. The minimum atomic E-state index is -4.30. The molecule has 0 bridgehead atoms. The molecule has 0 aliphatic carbocycles. The van der Waals surface area contributed by atoms with Crippen LogP contribution in [-0.4, -0.2) is 37.0 Å². The molecule has 0 aromatic carbocycles. The predicted octanol–water partition coefficient (Wildman–Crippen LogP) is 2.15.